The van der Waals surface area contributed by atoms with Gasteiger partial charge in [-0.15, -0.1) is 0 Å². The van der Waals surface area contributed by atoms with E-state index in [0.717, 1.165) is 0 Å². The summed E-state index contributed by atoms with van der Waals surface area (Å²) in [4.78, 5) is 24.7. The highest BCUT2D eigenvalue weighted by Crippen LogP contribution is 2.54. The molecule has 2 saturated heterocycles. The molecule has 0 aromatic heterocycles. The van der Waals surface area contributed by atoms with Crippen molar-refractivity contribution >= 4 is 11.8 Å². The molecule has 1 aliphatic carbocycles. The Balaban J connectivity index is 2.05. The summed E-state index contributed by atoms with van der Waals surface area (Å²) >= 11 is 0. The molecule has 2 aliphatic heterocycles. The molecule has 7 nitrogen and oxygen atoms in total. The van der Waals surface area contributed by atoms with Gasteiger partial charge in [0.1, 0.15) is 0 Å². The van der Waals surface area contributed by atoms with Crippen LogP contribution in [-0.4, -0.2) is 60.3 Å². The second kappa shape index (κ2) is 5.37. The molecule has 0 amide bonds. The van der Waals surface area contributed by atoms with Crippen molar-refractivity contribution in [2.75, 3.05) is 20.3 Å². The number of cyclic esters (lactones) is 1. The molecule has 0 bridgehead atoms. The molecule has 2 fully saturated rings. The molecule has 0 aromatic rings. The molecule has 7 heteroatoms. The maximum Gasteiger partial charge on any atom is 0.335 e. The van der Waals surface area contributed by atoms with Crippen LogP contribution in [0, 0.1) is 17.3 Å². The smallest absolute Gasteiger partial charge is 0.335 e. The SMILES string of the molecule is COCC1=CCC2(C)C(O)C3C(C)COC(=O)C3OC2(O)C1=O. The second-order valence-electron chi connectivity index (χ2n) is 6.93. The zero-order chi connectivity index (χ0) is 17.0. The highest BCUT2D eigenvalue weighted by atomic mass is 16.7. The van der Waals surface area contributed by atoms with Gasteiger partial charge >= 0.3 is 5.97 Å². The minimum absolute atomic E-state index is 0.0334. The van der Waals surface area contributed by atoms with Gasteiger partial charge in [-0.2, -0.15) is 0 Å². The number of aliphatic hydroxyl groups is 2. The minimum Gasteiger partial charge on any atom is -0.463 e. The lowest BCUT2D eigenvalue weighted by Gasteiger charge is -2.57. The molecule has 6 atom stereocenters. The topological polar surface area (TPSA) is 102 Å². The first-order valence-electron chi connectivity index (χ1n) is 7.74. The lowest BCUT2D eigenvalue weighted by molar-refractivity contribution is -0.343. The highest BCUT2D eigenvalue weighted by molar-refractivity contribution is 6.03. The molecule has 0 radical (unpaired) electrons. The summed E-state index contributed by atoms with van der Waals surface area (Å²) in [6, 6.07) is 0. The van der Waals surface area contributed by atoms with Gasteiger partial charge in [0.15, 0.2) is 6.10 Å². The number of methoxy groups -OCH3 is 1. The molecular formula is C16H22O7. The Kier molecular flexibility index (Phi) is 3.87. The Morgan fingerprint density at radius 3 is 2.78 bits per heavy atom. The Labute approximate surface area is 134 Å². The molecule has 23 heavy (non-hydrogen) atoms. The molecule has 2 heterocycles. The second-order valence-corrected chi connectivity index (χ2v) is 6.93. The quantitative estimate of drug-likeness (QED) is 0.677. The van der Waals surface area contributed by atoms with E-state index >= 15 is 0 Å². The van der Waals surface area contributed by atoms with E-state index in [2.05, 4.69) is 0 Å². The van der Waals surface area contributed by atoms with E-state index in [1.807, 2.05) is 6.92 Å². The third kappa shape index (κ3) is 2.11. The van der Waals surface area contributed by atoms with E-state index in [4.69, 9.17) is 14.2 Å². The van der Waals surface area contributed by atoms with Crippen LogP contribution in [0.1, 0.15) is 20.3 Å². The van der Waals surface area contributed by atoms with Crippen LogP contribution in [0.3, 0.4) is 0 Å². The van der Waals surface area contributed by atoms with Crippen molar-refractivity contribution in [3.05, 3.63) is 11.6 Å². The summed E-state index contributed by atoms with van der Waals surface area (Å²) in [5.74, 6) is -4.25. The molecule has 0 aromatic carbocycles. The molecular weight excluding hydrogens is 304 g/mol. The zero-order valence-electron chi connectivity index (χ0n) is 13.4. The molecule has 6 unspecified atom stereocenters. The lowest BCUT2D eigenvalue weighted by Crippen LogP contribution is -2.72. The van der Waals surface area contributed by atoms with Gasteiger partial charge in [-0.25, -0.2) is 4.79 Å². The Hall–Kier alpha value is -1.28. The third-order valence-electron chi connectivity index (χ3n) is 5.49. The summed E-state index contributed by atoms with van der Waals surface area (Å²) in [6.45, 7) is 3.68. The van der Waals surface area contributed by atoms with Crippen molar-refractivity contribution < 1.29 is 34.0 Å². The van der Waals surface area contributed by atoms with Gasteiger partial charge in [-0.1, -0.05) is 19.9 Å². The number of esters is 1. The van der Waals surface area contributed by atoms with Crippen LogP contribution < -0.4 is 0 Å². The number of aliphatic hydroxyl groups excluding tert-OH is 1. The number of Topliss-reactive ketones (excluding diaryl/α,β-unsaturated/α-hetero) is 1. The summed E-state index contributed by atoms with van der Waals surface area (Å²) in [5.41, 5.74) is -0.954. The van der Waals surface area contributed by atoms with Crippen LogP contribution in [-0.2, 0) is 23.8 Å². The van der Waals surface area contributed by atoms with Crippen LogP contribution in [0.5, 0.6) is 0 Å². The largest absolute Gasteiger partial charge is 0.463 e. The number of carbonyl (C=O) groups excluding carboxylic acids is 2. The van der Waals surface area contributed by atoms with Crippen molar-refractivity contribution in [1.82, 2.24) is 0 Å². The first-order chi connectivity index (χ1) is 10.8. The van der Waals surface area contributed by atoms with Crippen LogP contribution >= 0.6 is 0 Å². The van der Waals surface area contributed by atoms with Gasteiger partial charge in [0.2, 0.25) is 11.6 Å². The maximum atomic E-state index is 12.7. The molecule has 0 spiro atoms. The van der Waals surface area contributed by atoms with Crippen molar-refractivity contribution in [2.24, 2.45) is 17.3 Å². The fraction of sp³-hybridized carbons (Fsp3) is 0.750. The standard InChI is InChI=1S/C16H22O7/c1-8-6-22-14(19)11-10(8)13(18)15(2)5-4-9(7-21-3)12(17)16(15,20)23-11/h4,8,10-11,13,18,20H,5-7H2,1-3H3. The normalized spacial score (nSPS) is 46.6. The monoisotopic (exact) mass is 326 g/mol. The molecule has 2 N–H and O–H groups in total. The van der Waals surface area contributed by atoms with Crippen molar-refractivity contribution in [2.45, 2.75) is 38.3 Å². The fourth-order valence-electron chi connectivity index (χ4n) is 3.91. The summed E-state index contributed by atoms with van der Waals surface area (Å²) in [7, 11) is 1.44. The number of carbonyl (C=O) groups is 2. The number of allylic oxidation sites excluding steroid dienone is 1. The van der Waals surface area contributed by atoms with Crippen LogP contribution in [0.4, 0.5) is 0 Å². The van der Waals surface area contributed by atoms with E-state index in [9.17, 15) is 19.8 Å². The van der Waals surface area contributed by atoms with Crippen LogP contribution in [0.2, 0.25) is 0 Å². The maximum absolute atomic E-state index is 12.7. The number of hydrogen-bond donors (Lipinski definition) is 2. The van der Waals surface area contributed by atoms with Crippen molar-refractivity contribution in [3.63, 3.8) is 0 Å². The van der Waals surface area contributed by atoms with E-state index in [1.165, 1.54) is 7.11 Å². The molecule has 3 aliphatic rings. The van der Waals surface area contributed by atoms with Crippen LogP contribution in [0.15, 0.2) is 11.6 Å². The molecule has 0 saturated carbocycles. The molecule has 3 rings (SSSR count). The fourth-order valence-corrected chi connectivity index (χ4v) is 3.91. The third-order valence-corrected chi connectivity index (χ3v) is 5.49. The highest BCUT2D eigenvalue weighted by Gasteiger charge is 2.68. The number of ether oxygens (including phenoxy) is 3. The van der Waals surface area contributed by atoms with Crippen molar-refractivity contribution in [1.29, 1.82) is 0 Å². The predicted octanol–water partition coefficient (Wildman–Crippen LogP) is -0.204. The van der Waals surface area contributed by atoms with Gasteiger partial charge in [0, 0.05) is 18.6 Å². The van der Waals surface area contributed by atoms with E-state index in [1.54, 1.807) is 13.0 Å². The van der Waals surface area contributed by atoms with E-state index in [-0.39, 0.29) is 31.1 Å². The van der Waals surface area contributed by atoms with E-state index < -0.39 is 41.1 Å². The van der Waals surface area contributed by atoms with Gasteiger partial charge < -0.3 is 24.4 Å². The molecule has 128 valence electrons. The summed E-state index contributed by atoms with van der Waals surface area (Å²) in [6.07, 6.45) is -0.310. The summed E-state index contributed by atoms with van der Waals surface area (Å²) < 4.78 is 15.6. The van der Waals surface area contributed by atoms with Gasteiger partial charge in [-0.3, -0.25) is 4.79 Å². The first kappa shape index (κ1) is 16.6. The first-order valence-corrected chi connectivity index (χ1v) is 7.74. The van der Waals surface area contributed by atoms with Crippen LogP contribution in [0.25, 0.3) is 0 Å². The number of ketones is 1. The number of hydrogen-bond acceptors (Lipinski definition) is 7. The van der Waals surface area contributed by atoms with Gasteiger partial charge in [-0.05, 0) is 12.3 Å². The number of fused-ring (bicyclic) bond motifs is 2. The number of rotatable bonds is 2. The average molecular weight is 326 g/mol. The summed E-state index contributed by atoms with van der Waals surface area (Å²) in [5, 5.41) is 21.9. The average Bonchev–Trinajstić information content (AvgIpc) is 2.51. The zero-order valence-corrected chi connectivity index (χ0v) is 13.4. The van der Waals surface area contributed by atoms with Gasteiger partial charge in [0.25, 0.3) is 0 Å². The Morgan fingerprint density at radius 2 is 2.13 bits per heavy atom. The van der Waals surface area contributed by atoms with E-state index in [0.29, 0.717) is 0 Å². The van der Waals surface area contributed by atoms with Gasteiger partial charge in [0.05, 0.1) is 24.7 Å². The Morgan fingerprint density at radius 1 is 1.43 bits per heavy atom. The van der Waals surface area contributed by atoms with Crippen molar-refractivity contribution in [3.8, 4) is 0 Å². The lowest BCUT2D eigenvalue weighted by atomic mass is 9.59. The Bertz CT molecular complexity index is 571. The minimum atomic E-state index is -2.27. The predicted molar refractivity (Wildman–Crippen MR) is 77.1 cm³/mol.